The maximum absolute atomic E-state index is 13.6. The SMILES string of the molecule is C=C1C(=O)C23[C@H](O)C[C@@H]4C(C)(C)CC[C@@H](OC(C)=O)[C@@]4(C=O)[C@@H]2[C@@H](OC(C)=O)C[C@@H]1[C@H]3O. The fourth-order valence-electron chi connectivity index (χ4n) is 7.79. The topological polar surface area (TPSA) is 127 Å². The molecule has 176 valence electrons. The first kappa shape index (κ1) is 23.1. The van der Waals surface area contributed by atoms with E-state index in [2.05, 4.69) is 6.58 Å². The first-order valence-corrected chi connectivity index (χ1v) is 11.3. The van der Waals surface area contributed by atoms with E-state index in [9.17, 15) is 29.4 Å². The molecule has 8 nitrogen and oxygen atoms in total. The summed E-state index contributed by atoms with van der Waals surface area (Å²) in [6.07, 6.45) is -2.36. The molecular weight excluding hydrogens is 416 g/mol. The zero-order valence-corrected chi connectivity index (χ0v) is 19.0. The van der Waals surface area contributed by atoms with Gasteiger partial charge in [0.05, 0.1) is 23.0 Å². The van der Waals surface area contributed by atoms with Crippen LogP contribution in [-0.4, -0.2) is 58.6 Å². The number of aliphatic hydroxyl groups excluding tert-OH is 2. The van der Waals surface area contributed by atoms with Crippen molar-refractivity contribution in [1.29, 1.82) is 0 Å². The molecule has 32 heavy (non-hydrogen) atoms. The number of aliphatic hydroxyl groups is 2. The molecule has 9 atom stereocenters. The molecule has 0 heterocycles. The highest BCUT2D eigenvalue weighted by atomic mass is 16.6. The normalized spacial score (nSPS) is 46.6. The molecule has 0 saturated heterocycles. The van der Waals surface area contributed by atoms with Crippen LogP contribution in [0, 0.1) is 34.0 Å². The van der Waals surface area contributed by atoms with Gasteiger partial charge in [-0.1, -0.05) is 20.4 Å². The van der Waals surface area contributed by atoms with Crippen LogP contribution in [0.3, 0.4) is 0 Å². The molecule has 4 fully saturated rings. The van der Waals surface area contributed by atoms with Crippen molar-refractivity contribution in [3.63, 3.8) is 0 Å². The number of carbonyl (C=O) groups is 4. The summed E-state index contributed by atoms with van der Waals surface area (Å²) in [4.78, 5) is 50.8. The number of carbonyl (C=O) groups excluding carboxylic acids is 4. The second kappa shape index (κ2) is 7.22. The first-order chi connectivity index (χ1) is 14.8. The molecule has 4 aliphatic rings. The highest BCUT2D eigenvalue weighted by Crippen LogP contribution is 2.71. The number of aldehydes is 1. The summed E-state index contributed by atoms with van der Waals surface area (Å²) < 4.78 is 11.4. The van der Waals surface area contributed by atoms with Gasteiger partial charge in [0, 0.05) is 25.7 Å². The van der Waals surface area contributed by atoms with Gasteiger partial charge in [0.2, 0.25) is 0 Å². The quantitative estimate of drug-likeness (QED) is 0.376. The Kier molecular flexibility index (Phi) is 5.21. The lowest BCUT2D eigenvalue weighted by atomic mass is 9.38. The molecule has 0 aromatic rings. The number of rotatable bonds is 3. The predicted molar refractivity (Wildman–Crippen MR) is 111 cm³/mol. The summed E-state index contributed by atoms with van der Waals surface area (Å²) in [6.45, 7) is 10.4. The first-order valence-electron chi connectivity index (χ1n) is 11.3. The van der Waals surface area contributed by atoms with Crippen LogP contribution in [0.2, 0.25) is 0 Å². The maximum atomic E-state index is 13.6. The molecule has 0 radical (unpaired) electrons. The van der Waals surface area contributed by atoms with Crippen molar-refractivity contribution < 1.29 is 38.9 Å². The average molecular weight is 449 g/mol. The lowest BCUT2D eigenvalue weighted by Crippen LogP contribution is -2.74. The van der Waals surface area contributed by atoms with Gasteiger partial charge in [-0.2, -0.15) is 0 Å². The summed E-state index contributed by atoms with van der Waals surface area (Å²) in [5.41, 5.74) is -3.42. The summed E-state index contributed by atoms with van der Waals surface area (Å²) in [5.74, 6) is -3.83. The van der Waals surface area contributed by atoms with Gasteiger partial charge in [-0.25, -0.2) is 0 Å². The molecule has 0 amide bonds. The van der Waals surface area contributed by atoms with Crippen molar-refractivity contribution in [1.82, 2.24) is 0 Å². The lowest BCUT2D eigenvalue weighted by Gasteiger charge is -2.66. The molecular formula is C24H32O8. The fourth-order valence-corrected chi connectivity index (χ4v) is 7.79. The molecule has 0 aliphatic heterocycles. The van der Waals surface area contributed by atoms with Gasteiger partial charge < -0.3 is 24.5 Å². The van der Waals surface area contributed by atoms with Crippen LogP contribution in [0.5, 0.6) is 0 Å². The van der Waals surface area contributed by atoms with E-state index < -0.39 is 76.1 Å². The fraction of sp³-hybridized carbons (Fsp3) is 0.750. The molecule has 4 aliphatic carbocycles. The minimum atomic E-state index is -1.75. The van der Waals surface area contributed by atoms with Gasteiger partial charge in [-0.3, -0.25) is 14.4 Å². The second-order valence-electron chi connectivity index (χ2n) is 10.7. The molecule has 2 N–H and O–H groups in total. The number of esters is 2. The molecule has 4 rings (SSSR count). The van der Waals surface area contributed by atoms with Crippen molar-refractivity contribution in [2.45, 2.75) is 77.8 Å². The molecule has 8 heteroatoms. The molecule has 1 spiro atoms. The number of hydrogen-bond acceptors (Lipinski definition) is 8. The third-order valence-electron chi connectivity index (χ3n) is 8.91. The van der Waals surface area contributed by atoms with Crippen molar-refractivity contribution in [3.05, 3.63) is 12.2 Å². The van der Waals surface area contributed by atoms with Crippen LogP contribution in [0.4, 0.5) is 0 Å². The van der Waals surface area contributed by atoms with E-state index in [4.69, 9.17) is 9.47 Å². The Labute approximate surface area is 187 Å². The Morgan fingerprint density at radius 1 is 1.12 bits per heavy atom. The van der Waals surface area contributed by atoms with Crippen molar-refractivity contribution in [2.24, 2.45) is 34.0 Å². The van der Waals surface area contributed by atoms with E-state index in [1.165, 1.54) is 13.8 Å². The van der Waals surface area contributed by atoms with Gasteiger partial charge in [0.25, 0.3) is 0 Å². The Hall–Kier alpha value is -2.06. The van der Waals surface area contributed by atoms with E-state index in [1.807, 2.05) is 13.8 Å². The zero-order valence-electron chi connectivity index (χ0n) is 19.0. The molecule has 4 saturated carbocycles. The Morgan fingerprint density at radius 2 is 1.75 bits per heavy atom. The summed E-state index contributed by atoms with van der Waals surface area (Å²) in [6, 6.07) is 0. The summed E-state index contributed by atoms with van der Waals surface area (Å²) in [7, 11) is 0. The van der Waals surface area contributed by atoms with Crippen molar-refractivity contribution in [3.8, 4) is 0 Å². The van der Waals surface area contributed by atoms with Crippen LogP contribution < -0.4 is 0 Å². The van der Waals surface area contributed by atoms with Crippen molar-refractivity contribution in [2.75, 3.05) is 0 Å². The van der Waals surface area contributed by atoms with Gasteiger partial charge in [-0.15, -0.1) is 0 Å². The minimum Gasteiger partial charge on any atom is -0.462 e. The molecule has 1 unspecified atom stereocenters. The monoisotopic (exact) mass is 448 g/mol. The lowest BCUT2D eigenvalue weighted by molar-refractivity contribution is -0.271. The predicted octanol–water partition coefficient (Wildman–Crippen LogP) is 1.36. The van der Waals surface area contributed by atoms with Gasteiger partial charge >= 0.3 is 11.9 Å². The van der Waals surface area contributed by atoms with Crippen LogP contribution in [0.15, 0.2) is 12.2 Å². The maximum Gasteiger partial charge on any atom is 0.302 e. The smallest absolute Gasteiger partial charge is 0.302 e. The highest BCUT2D eigenvalue weighted by Gasteiger charge is 2.79. The molecule has 0 aromatic carbocycles. The van der Waals surface area contributed by atoms with Crippen molar-refractivity contribution >= 4 is 24.0 Å². The van der Waals surface area contributed by atoms with E-state index in [-0.39, 0.29) is 18.4 Å². The Balaban J connectivity index is 2.02. The number of Topliss-reactive ketones (excluding diaryl/α,β-unsaturated/α-hetero) is 1. The minimum absolute atomic E-state index is 0.0790. The largest absolute Gasteiger partial charge is 0.462 e. The Morgan fingerprint density at radius 3 is 2.31 bits per heavy atom. The second-order valence-corrected chi connectivity index (χ2v) is 10.7. The van der Waals surface area contributed by atoms with Crippen LogP contribution >= 0.6 is 0 Å². The van der Waals surface area contributed by atoms with Gasteiger partial charge in [0.1, 0.15) is 18.5 Å². The highest BCUT2D eigenvalue weighted by molar-refractivity contribution is 6.05. The number of hydrogen-bond donors (Lipinski definition) is 2. The molecule has 0 aromatic heterocycles. The Bertz CT molecular complexity index is 892. The summed E-state index contributed by atoms with van der Waals surface area (Å²) >= 11 is 0. The third kappa shape index (κ3) is 2.68. The zero-order chi connectivity index (χ0) is 23.8. The standard InChI is InChI=1S/C24H32O8/c1-11-14-8-15(31-12(2)26)19-23(10-25)16(9-17(28)24(19,20(11)29)21(14)30)22(4,5)7-6-18(23)32-13(3)27/h10,14-19,21,28,30H,1,6-9H2,2-5H3/t14-,15-,16+,17+,18+,19-,21+,23-,24?/m0/s1. The van der Waals surface area contributed by atoms with Crippen LogP contribution in [0.25, 0.3) is 0 Å². The summed E-state index contributed by atoms with van der Waals surface area (Å²) in [5, 5.41) is 22.8. The van der Waals surface area contributed by atoms with Gasteiger partial charge in [-0.05, 0) is 42.6 Å². The average Bonchev–Trinajstić information content (AvgIpc) is 2.80. The van der Waals surface area contributed by atoms with Crippen LogP contribution in [-0.2, 0) is 28.7 Å². The third-order valence-corrected chi connectivity index (χ3v) is 8.91. The molecule has 2 bridgehead atoms. The van der Waals surface area contributed by atoms with E-state index in [1.54, 1.807) is 0 Å². The van der Waals surface area contributed by atoms with E-state index in [0.717, 1.165) is 6.29 Å². The van der Waals surface area contributed by atoms with E-state index in [0.29, 0.717) is 12.8 Å². The van der Waals surface area contributed by atoms with E-state index >= 15 is 0 Å². The number of ketones is 1. The number of ether oxygens (including phenoxy) is 2. The van der Waals surface area contributed by atoms with Crippen LogP contribution in [0.1, 0.15) is 53.4 Å². The number of fused-ring (bicyclic) bond motifs is 3. The van der Waals surface area contributed by atoms with Gasteiger partial charge in [0.15, 0.2) is 5.78 Å².